The van der Waals surface area contributed by atoms with Gasteiger partial charge in [0.1, 0.15) is 5.75 Å². The van der Waals surface area contributed by atoms with Gasteiger partial charge in [0.15, 0.2) is 0 Å². The van der Waals surface area contributed by atoms with Gasteiger partial charge in [-0.3, -0.25) is 9.59 Å². The maximum atomic E-state index is 13.0. The van der Waals surface area contributed by atoms with Crippen molar-refractivity contribution in [1.82, 2.24) is 21.3 Å². The monoisotopic (exact) mass is 360 g/mol. The largest absolute Gasteiger partial charge is 0.493 e. The Bertz CT molecular complexity index is 704. The van der Waals surface area contributed by atoms with Crippen LogP contribution in [0.3, 0.4) is 0 Å². The molecule has 4 N–H and O–H groups in total. The summed E-state index contributed by atoms with van der Waals surface area (Å²) < 4.78 is 5.62. The molecule has 3 aliphatic rings. The zero-order valence-electron chi connectivity index (χ0n) is 14.5. The molecule has 4 rings (SSSR count). The van der Waals surface area contributed by atoms with Crippen LogP contribution in [0.25, 0.3) is 0 Å². The molecule has 3 heterocycles. The molecule has 2 saturated heterocycles. The van der Waals surface area contributed by atoms with Crippen molar-refractivity contribution < 1.29 is 19.4 Å². The summed E-state index contributed by atoms with van der Waals surface area (Å²) in [6.45, 7) is 2.47. The highest BCUT2D eigenvalue weighted by atomic mass is 16.5. The summed E-state index contributed by atoms with van der Waals surface area (Å²) in [6.07, 6.45) is 1.96. The summed E-state index contributed by atoms with van der Waals surface area (Å²) in [5, 5.41) is 9.24. The number of fused-ring (bicyclic) bond motifs is 1. The average molecular weight is 360 g/mol. The van der Waals surface area contributed by atoms with Crippen LogP contribution < -0.4 is 21.1 Å². The van der Waals surface area contributed by atoms with E-state index < -0.39 is 5.97 Å². The Morgan fingerprint density at radius 2 is 2.19 bits per heavy atom. The Kier molecular flexibility index (Phi) is 4.80. The van der Waals surface area contributed by atoms with Crippen LogP contribution in [0.15, 0.2) is 18.2 Å². The molecule has 2 fully saturated rings. The van der Waals surface area contributed by atoms with E-state index in [1.54, 1.807) is 4.90 Å². The number of amides is 1. The molecule has 3 atom stereocenters. The highest BCUT2D eigenvalue weighted by Crippen LogP contribution is 2.32. The van der Waals surface area contributed by atoms with Crippen LogP contribution in [-0.2, 0) is 11.2 Å². The smallest absolute Gasteiger partial charge is 0.303 e. The number of aryl methyl sites for hydroxylation is 1. The highest BCUT2D eigenvalue weighted by Gasteiger charge is 2.41. The number of ether oxygens (including phenoxy) is 1. The van der Waals surface area contributed by atoms with Gasteiger partial charge < -0.3 is 14.7 Å². The predicted octanol–water partition coefficient (Wildman–Crippen LogP) is 0.156. The minimum Gasteiger partial charge on any atom is -0.493 e. The number of carboxylic acids is 1. The molecule has 140 valence electrons. The zero-order chi connectivity index (χ0) is 18.1. The Morgan fingerprint density at radius 3 is 2.96 bits per heavy atom. The van der Waals surface area contributed by atoms with Gasteiger partial charge in [0, 0.05) is 31.2 Å². The summed E-state index contributed by atoms with van der Waals surface area (Å²) in [4.78, 5) is 26.1. The molecule has 0 aliphatic carbocycles. The van der Waals surface area contributed by atoms with E-state index >= 15 is 0 Å². The minimum atomic E-state index is -0.820. The van der Waals surface area contributed by atoms with Gasteiger partial charge >= 0.3 is 5.97 Å². The van der Waals surface area contributed by atoms with Crippen LogP contribution in [0.1, 0.15) is 28.8 Å². The first-order valence-electron chi connectivity index (χ1n) is 9.12. The van der Waals surface area contributed by atoms with Gasteiger partial charge in [-0.15, -0.1) is 0 Å². The predicted molar refractivity (Wildman–Crippen MR) is 93.5 cm³/mol. The van der Waals surface area contributed by atoms with Crippen molar-refractivity contribution in [2.75, 3.05) is 26.2 Å². The van der Waals surface area contributed by atoms with Crippen LogP contribution >= 0.6 is 0 Å². The maximum Gasteiger partial charge on any atom is 0.303 e. The third-order valence-corrected chi connectivity index (χ3v) is 5.56. The summed E-state index contributed by atoms with van der Waals surface area (Å²) in [6, 6.07) is 5.71. The quantitative estimate of drug-likeness (QED) is 0.606. The van der Waals surface area contributed by atoms with E-state index in [9.17, 15) is 14.7 Å². The lowest BCUT2D eigenvalue weighted by Crippen LogP contribution is -2.41. The first-order chi connectivity index (χ1) is 12.6. The summed E-state index contributed by atoms with van der Waals surface area (Å²) >= 11 is 0. The first-order valence-corrected chi connectivity index (χ1v) is 9.12. The molecule has 1 unspecified atom stereocenters. The number of hydrazine groups is 2. The molecule has 0 spiro atoms. The molecule has 0 saturated carbocycles. The summed E-state index contributed by atoms with van der Waals surface area (Å²) in [5.74, 6) is 0.0487. The molecule has 1 amide bonds. The van der Waals surface area contributed by atoms with Gasteiger partial charge in [-0.2, -0.15) is 5.53 Å². The fourth-order valence-corrected chi connectivity index (χ4v) is 4.25. The van der Waals surface area contributed by atoms with Crippen molar-refractivity contribution in [3.8, 4) is 5.75 Å². The molecule has 0 radical (unpaired) electrons. The van der Waals surface area contributed by atoms with Crippen molar-refractivity contribution >= 4 is 11.9 Å². The van der Waals surface area contributed by atoms with E-state index in [1.807, 2.05) is 18.2 Å². The highest BCUT2D eigenvalue weighted by molar-refractivity contribution is 5.95. The third kappa shape index (κ3) is 3.40. The van der Waals surface area contributed by atoms with Gasteiger partial charge in [0.25, 0.3) is 5.91 Å². The van der Waals surface area contributed by atoms with E-state index in [0.717, 1.165) is 30.8 Å². The topological polar surface area (TPSA) is 103 Å². The second kappa shape index (κ2) is 7.22. The molecule has 1 aromatic rings. The Morgan fingerprint density at radius 1 is 1.31 bits per heavy atom. The number of rotatable bonds is 4. The lowest BCUT2D eigenvalue weighted by molar-refractivity contribution is -0.138. The Hall–Kier alpha value is -2.16. The molecule has 0 bridgehead atoms. The van der Waals surface area contributed by atoms with Crippen LogP contribution in [0.5, 0.6) is 5.75 Å². The van der Waals surface area contributed by atoms with Gasteiger partial charge in [-0.25, -0.2) is 10.9 Å². The molecule has 8 nitrogen and oxygen atoms in total. The summed E-state index contributed by atoms with van der Waals surface area (Å²) in [5.41, 5.74) is 10.7. The molecular weight excluding hydrogens is 336 g/mol. The van der Waals surface area contributed by atoms with E-state index in [4.69, 9.17) is 4.74 Å². The Labute approximate surface area is 151 Å². The van der Waals surface area contributed by atoms with Gasteiger partial charge in [0.05, 0.1) is 13.0 Å². The SMILES string of the molecule is O=C(O)C[C@@H]1CN(C(=O)c2ccc3c(c2)CCCO3)C[C@@H]1C1CNNN1. The number of carbonyl (C=O) groups excluding carboxylic acids is 1. The van der Waals surface area contributed by atoms with Crippen molar-refractivity contribution in [2.45, 2.75) is 25.3 Å². The lowest BCUT2D eigenvalue weighted by Gasteiger charge is -2.22. The average Bonchev–Trinajstić information content (AvgIpc) is 3.30. The molecule has 3 aliphatic heterocycles. The van der Waals surface area contributed by atoms with Gasteiger partial charge in [-0.1, -0.05) is 0 Å². The number of hydrogen-bond acceptors (Lipinski definition) is 6. The van der Waals surface area contributed by atoms with E-state index in [2.05, 4.69) is 16.4 Å². The number of hydrogen-bond donors (Lipinski definition) is 4. The Balaban J connectivity index is 1.51. The van der Waals surface area contributed by atoms with Crippen LogP contribution in [0, 0.1) is 11.8 Å². The standard InChI is InChI=1S/C18H24N4O4/c23-17(24)7-13-9-22(10-14(13)15-8-19-21-20-15)18(25)12-3-4-16-11(6-12)2-1-5-26-16/h3-4,6,13-15,19-21H,1-2,5,7-10H2,(H,23,24)/t13-,14+,15?/m1/s1. The zero-order valence-corrected chi connectivity index (χ0v) is 14.5. The third-order valence-electron chi connectivity index (χ3n) is 5.56. The van der Waals surface area contributed by atoms with Crippen molar-refractivity contribution in [3.05, 3.63) is 29.3 Å². The molecule has 8 heteroatoms. The number of carbonyl (C=O) groups is 2. The van der Waals surface area contributed by atoms with E-state index in [1.165, 1.54) is 0 Å². The van der Waals surface area contributed by atoms with Crippen molar-refractivity contribution in [3.63, 3.8) is 0 Å². The number of likely N-dealkylation sites (tertiary alicyclic amines) is 1. The fourth-order valence-electron chi connectivity index (χ4n) is 4.25. The van der Waals surface area contributed by atoms with Crippen LogP contribution in [0.2, 0.25) is 0 Å². The van der Waals surface area contributed by atoms with Crippen LogP contribution in [0.4, 0.5) is 0 Å². The molecule has 0 aromatic heterocycles. The summed E-state index contributed by atoms with van der Waals surface area (Å²) in [7, 11) is 0. The minimum absolute atomic E-state index is 0.0322. The number of carboxylic acid groups (broad SMARTS) is 1. The van der Waals surface area contributed by atoms with Crippen molar-refractivity contribution in [2.24, 2.45) is 11.8 Å². The molecular formula is C18H24N4O4. The molecule has 26 heavy (non-hydrogen) atoms. The van der Waals surface area contributed by atoms with E-state index in [0.29, 0.717) is 25.2 Å². The van der Waals surface area contributed by atoms with Crippen molar-refractivity contribution in [1.29, 1.82) is 0 Å². The lowest BCUT2D eigenvalue weighted by atomic mass is 9.87. The van der Waals surface area contributed by atoms with Gasteiger partial charge in [0.2, 0.25) is 0 Å². The van der Waals surface area contributed by atoms with Gasteiger partial charge in [-0.05, 0) is 48.4 Å². The fraction of sp³-hybridized carbons (Fsp3) is 0.556. The van der Waals surface area contributed by atoms with E-state index in [-0.39, 0.29) is 30.2 Å². The number of nitrogens with zero attached hydrogens (tertiary/aromatic N) is 1. The maximum absolute atomic E-state index is 13.0. The normalized spacial score (nSPS) is 27.8. The number of benzene rings is 1. The second-order valence-electron chi connectivity index (χ2n) is 7.26. The number of nitrogens with one attached hydrogen (secondary N) is 3. The molecule has 1 aromatic carbocycles. The van der Waals surface area contributed by atoms with Crippen LogP contribution in [-0.4, -0.2) is 54.2 Å². The second-order valence-corrected chi connectivity index (χ2v) is 7.26. The number of aliphatic carboxylic acids is 1. The first kappa shape index (κ1) is 17.3.